The van der Waals surface area contributed by atoms with Crippen molar-refractivity contribution in [2.75, 3.05) is 19.7 Å². The summed E-state index contributed by atoms with van der Waals surface area (Å²) in [4.78, 5) is 21.8. The number of hydrogen-bond acceptors (Lipinski definition) is 5. The first-order valence-electron chi connectivity index (χ1n) is 9.57. The average Bonchev–Trinajstić information content (AvgIpc) is 3.34. The van der Waals surface area contributed by atoms with Crippen molar-refractivity contribution >= 4 is 16.9 Å². The molecule has 1 saturated heterocycles. The van der Waals surface area contributed by atoms with Gasteiger partial charge in [0.2, 0.25) is 5.91 Å². The Morgan fingerprint density at radius 2 is 2.14 bits per heavy atom. The van der Waals surface area contributed by atoms with Crippen molar-refractivity contribution in [1.29, 1.82) is 0 Å². The van der Waals surface area contributed by atoms with Gasteiger partial charge in [-0.05, 0) is 37.1 Å². The molecule has 2 heterocycles. The van der Waals surface area contributed by atoms with Gasteiger partial charge in [0.25, 0.3) is 0 Å². The van der Waals surface area contributed by atoms with E-state index >= 15 is 0 Å². The highest BCUT2D eigenvalue weighted by Gasteiger charge is 2.29. The van der Waals surface area contributed by atoms with Crippen molar-refractivity contribution in [1.82, 2.24) is 14.9 Å². The molecule has 146 valence electrons. The number of nitrogens with zero attached hydrogens (tertiary/aromatic N) is 2. The third-order valence-electron chi connectivity index (χ3n) is 5.13. The molecular formula is C21H24N4O3. The number of hydrogen-bond donors (Lipinski definition) is 3. The normalized spacial score (nSPS) is 16.6. The summed E-state index contributed by atoms with van der Waals surface area (Å²) < 4.78 is 5.90. The number of fused-ring (bicyclic) bond motifs is 1. The van der Waals surface area contributed by atoms with Gasteiger partial charge in [0.15, 0.2) is 11.5 Å². The second kappa shape index (κ2) is 7.90. The smallest absolute Gasteiger partial charge is 0.224 e. The van der Waals surface area contributed by atoms with Gasteiger partial charge in [0.05, 0.1) is 22.6 Å². The third-order valence-corrected chi connectivity index (χ3v) is 5.13. The number of aromatic amines is 1. The maximum Gasteiger partial charge on any atom is 0.224 e. The van der Waals surface area contributed by atoms with Gasteiger partial charge in [0.1, 0.15) is 12.4 Å². The number of nitrogens with one attached hydrogen (secondary N) is 1. The van der Waals surface area contributed by atoms with Gasteiger partial charge in [-0.3, -0.25) is 4.79 Å². The molecule has 3 aromatic rings. The van der Waals surface area contributed by atoms with E-state index in [4.69, 9.17) is 10.5 Å². The Hall–Kier alpha value is -3.06. The summed E-state index contributed by atoms with van der Waals surface area (Å²) in [5.74, 6) is 1.08. The molecule has 28 heavy (non-hydrogen) atoms. The minimum Gasteiger partial charge on any atom is -0.504 e. The highest BCUT2D eigenvalue weighted by Crippen LogP contribution is 2.36. The van der Waals surface area contributed by atoms with Crippen LogP contribution in [0.5, 0.6) is 11.5 Å². The van der Waals surface area contributed by atoms with E-state index in [9.17, 15) is 9.90 Å². The molecule has 1 unspecified atom stereocenters. The zero-order valence-electron chi connectivity index (χ0n) is 15.6. The van der Waals surface area contributed by atoms with Gasteiger partial charge >= 0.3 is 0 Å². The average molecular weight is 380 g/mol. The quantitative estimate of drug-likeness (QED) is 0.610. The lowest BCUT2D eigenvalue weighted by molar-refractivity contribution is -0.132. The molecule has 0 saturated carbocycles. The van der Waals surface area contributed by atoms with E-state index < -0.39 is 0 Å². The van der Waals surface area contributed by atoms with Crippen LogP contribution in [0.2, 0.25) is 0 Å². The van der Waals surface area contributed by atoms with E-state index in [0.717, 1.165) is 30.4 Å². The number of H-pyrrole nitrogens is 1. The maximum atomic E-state index is 12.2. The van der Waals surface area contributed by atoms with Crippen molar-refractivity contribution in [2.45, 2.75) is 25.3 Å². The number of para-hydroxylation sites is 3. The lowest BCUT2D eigenvalue weighted by Gasteiger charge is -2.25. The molecule has 4 N–H and O–H groups in total. The zero-order valence-corrected chi connectivity index (χ0v) is 15.6. The second-order valence-electron chi connectivity index (χ2n) is 6.99. The number of nitrogens with two attached hydrogens (primary N) is 1. The minimum absolute atomic E-state index is 0.00769. The highest BCUT2D eigenvalue weighted by molar-refractivity contribution is 5.81. The van der Waals surface area contributed by atoms with Crippen LogP contribution in [-0.4, -0.2) is 51.6 Å². The summed E-state index contributed by atoms with van der Waals surface area (Å²) in [5.41, 5.74) is 7.83. The van der Waals surface area contributed by atoms with Crippen LogP contribution in [-0.2, 0) is 4.79 Å². The molecule has 4 rings (SSSR count). The molecule has 7 nitrogen and oxygen atoms in total. The van der Waals surface area contributed by atoms with Gasteiger partial charge in [-0.2, -0.15) is 0 Å². The fourth-order valence-electron chi connectivity index (χ4n) is 3.70. The van der Waals surface area contributed by atoms with Gasteiger partial charge in [0, 0.05) is 19.5 Å². The number of imidazole rings is 1. The summed E-state index contributed by atoms with van der Waals surface area (Å²) >= 11 is 0. The topological polar surface area (TPSA) is 104 Å². The van der Waals surface area contributed by atoms with E-state index in [0.29, 0.717) is 36.7 Å². The molecular weight excluding hydrogens is 356 g/mol. The lowest BCUT2D eigenvalue weighted by Crippen LogP contribution is -2.39. The number of carbonyl (C=O) groups excluding carboxylic acids is 1. The molecule has 1 atom stereocenters. The summed E-state index contributed by atoms with van der Waals surface area (Å²) in [5, 5.41) is 10.7. The number of amides is 1. The van der Waals surface area contributed by atoms with Gasteiger partial charge in [-0.25, -0.2) is 4.98 Å². The van der Waals surface area contributed by atoms with Crippen molar-refractivity contribution < 1.29 is 14.6 Å². The third kappa shape index (κ3) is 3.53. The number of aromatic hydroxyl groups is 1. The fourth-order valence-corrected chi connectivity index (χ4v) is 3.70. The molecule has 0 spiro atoms. The lowest BCUT2D eigenvalue weighted by atomic mass is 10.1. The van der Waals surface area contributed by atoms with Crippen LogP contribution in [0.4, 0.5) is 0 Å². The van der Waals surface area contributed by atoms with Gasteiger partial charge < -0.3 is 25.5 Å². The van der Waals surface area contributed by atoms with Crippen molar-refractivity contribution in [2.24, 2.45) is 5.73 Å². The van der Waals surface area contributed by atoms with Crippen LogP contribution in [0.15, 0.2) is 42.5 Å². The largest absolute Gasteiger partial charge is 0.504 e. The number of ether oxygens (including phenoxy) is 1. The Balaban J connectivity index is 1.51. The van der Waals surface area contributed by atoms with E-state index in [2.05, 4.69) is 9.97 Å². The molecule has 0 bridgehead atoms. The standard InChI is InChI=1S/C21H24N4O3/c22-11-10-19(26)25-12-4-5-14(25)13-28-18-9-3-6-15(20(18)27)21-23-16-7-1-2-8-17(16)24-21/h1-3,6-9,14,27H,4-5,10-13,22H2,(H,23,24). The molecule has 0 aliphatic carbocycles. The molecule has 1 aromatic heterocycles. The number of rotatable bonds is 6. The summed E-state index contributed by atoms with van der Waals surface area (Å²) in [7, 11) is 0. The van der Waals surface area contributed by atoms with Crippen LogP contribution in [0.3, 0.4) is 0 Å². The monoisotopic (exact) mass is 380 g/mol. The van der Waals surface area contributed by atoms with Crippen LogP contribution >= 0.6 is 0 Å². The first-order chi connectivity index (χ1) is 13.7. The van der Waals surface area contributed by atoms with E-state index in [1.807, 2.05) is 35.2 Å². The zero-order chi connectivity index (χ0) is 19.5. The van der Waals surface area contributed by atoms with Crippen molar-refractivity contribution in [3.63, 3.8) is 0 Å². The summed E-state index contributed by atoms with van der Waals surface area (Å²) in [6.07, 6.45) is 2.19. The Morgan fingerprint density at radius 1 is 1.29 bits per heavy atom. The highest BCUT2D eigenvalue weighted by atomic mass is 16.5. The van der Waals surface area contributed by atoms with E-state index in [-0.39, 0.29) is 17.7 Å². The molecule has 1 fully saturated rings. The molecule has 0 radical (unpaired) electrons. The number of likely N-dealkylation sites (tertiary alicyclic amines) is 1. The minimum atomic E-state index is 0.00769. The predicted octanol–water partition coefficient (Wildman–Crippen LogP) is 2.65. The van der Waals surface area contributed by atoms with E-state index in [1.165, 1.54) is 0 Å². The first kappa shape index (κ1) is 18.3. The van der Waals surface area contributed by atoms with Crippen molar-refractivity contribution in [3.05, 3.63) is 42.5 Å². The van der Waals surface area contributed by atoms with E-state index in [1.54, 1.807) is 12.1 Å². The molecule has 1 aliphatic heterocycles. The van der Waals surface area contributed by atoms with Gasteiger partial charge in [-0.1, -0.05) is 18.2 Å². The van der Waals surface area contributed by atoms with Gasteiger partial charge in [-0.15, -0.1) is 0 Å². The van der Waals surface area contributed by atoms with Crippen molar-refractivity contribution in [3.8, 4) is 22.9 Å². The number of phenols is 1. The summed E-state index contributed by atoms with van der Waals surface area (Å²) in [6.45, 7) is 1.43. The number of carbonyl (C=O) groups is 1. The van der Waals surface area contributed by atoms with Crippen LogP contribution < -0.4 is 10.5 Å². The SMILES string of the molecule is NCCC(=O)N1CCCC1COc1cccc(-c2nc3ccccc3[nH]2)c1O. The molecule has 2 aromatic carbocycles. The molecule has 1 amide bonds. The fraction of sp³-hybridized carbons (Fsp3) is 0.333. The second-order valence-corrected chi connectivity index (χ2v) is 6.99. The number of aromatic nitrogens is 2. The Bertz CT molecular complexity index is 952. The molecule has 1 aliphatic rings. The summed E-state index contributed by atoms with van der Waals surface area (Å²) in [6, 6.07) is 13.1. The Labute approximate surface area is 163 Å². The maximum absolute atomic E-state index is 12.2. The van der Waals surface area contributed by atoms with Crippen LogP contribution in [0.1, 0.15) is 19.3 Å². The Morgan fingerprint density at radius 3 is 2.96 bits per heavy atom. The Kier molecular flexibility index (Phi) is 5.16. The molecule has 7 heteroatoms. The first-order valence-corrected chi connectivity index (χ1v) is 9.57. The number of benzene rings is 2. The predicted molar refractivity (Wildman–Crippen MR) is 107 cm³/mol. The number of phenolic OH excluding ortho intramolecular Hbond substituents is 1. The van der Waals surface area contributed by atoms with Crippen LogP contribution in [0.25, 0.3) is 22.4 Å². The van der Waals surface area contributed by atoms with Crippen LogP contribution in [0, 0.1) is 0 Å².